The molecule has 82 valence electrons. The van der Waals surface area contributed by atoms with Crippen molar-refractivity contribution < 1.29 is 8.42 Å². The van der Waals surface area contributed by atoms with Crippen LogP contribution in [-0.2, 0) is 10.0 Å². The summed E-state index contributed by atoms with van der Waals surface area (Å²) in [6.45, 7) is 0.520. The van der Waals surface area contributed by atoms with Crippen molar-refractivity contribution in [3.8, 4) is 0 Å². The van der Waals surface area contributed by atoms with Crippen LogP contribution in [0.5, 0.6) is 0 Å². The summed E-state index contributed by atoms with van der Waals surface area (Å²) in [5.41, 5.74) is 7.97. The molecule has 0 bridgehead atoms. The lowest BCUT2D eigenvalue weighted by molar-refractivity contribution is 0.586. The molecule has 0 aromatic rings. The maximum Gasteiger partial charge on any atom is 0.209 e. The van der Waals surface area contributed by atoms with Crippen LogP contribution in [0.15, 0.2) is 5.11 Å². The van der Waals surface area contributed by atoms with Crippen molar-refractivity contribution in [3.63, 3.8) is 0 Å². The van der Waals surface area contributed by atoms with Crippen LogP contribution in [0.25, 0.3) is 10.4 Å². The van der Waals surface area contributed by atoms with Crippen molar-refractivity contribution in [2.45, 2.75) is 32.1 Å². The molecule has 0 saturated carbocycles. The number of azide groups is 1. The Morgan fingerprint density at radius 2 is 1.71 bits per heavy atom. The first kappa shape index (κ1) is 13.2. The minimum atomic E-state index is -3.29. The van der Waals surface area contributed by atoms with E-state index in [1.54, 1.807) is 0 Å². The summed E-state index contributed by atoms with van der Waals surface area (Å²) in [7, 11) is -3.29. The van der Waals surface area contributed by atoms with E-state index in [2.05, 4.69) is 10.0 Å². The van der Waals surface area contributed by atoms with E-state index in [1.165, 1.54) is 0 Å². The first-order valence-electron chi connectivity index (χ1n) is 4.57. The molecule has 2 N–H and O–H groups in total. The molecule has 0 saturated heterocycles. The molecule has 0 spiro atoms. The van der Waals surface area contributed by atoms with Crippen molar-refractivity contribution in [3.05, 3.63) is 10.4 Å². The second-order valence-electron chi connectivity index (χ2n) is 3.09. The van der Waals surface area contributed by atoms with E-state index in [9.17, 15) is 8.42 Å². The SMILES string of the molecule is [N-]=[N+]=NCCCCCCCS(N)(=O)=O. The molecule has 0 radical (unpaired) electrons. The van der Waals surface area contributed by atoms with Gasteiger partial charge in [-0.15, -0.1) is 0 Å². The standard InChI is InChI=1S/C7H16N4O2S/c8-11-10-6-4-2-1-3-5-7-14(9,12)13/h1-7H2,(H2,9,12,13). The van der Waals surface area contributed by atoms with Gasteiger partial charge in [-0.2, -0.15) is 0 Å². The van der Waals surface area contributed by atoms with Gasteiger partial charge in [0.2, 0.25) is 10.0 Å². The quantitative estimate of drug-likeness (QED) is 0.289. The first-order chi connectivity index (χ1) is 6.56. The van der Waals surface area contributed by atoms with Crippen molar-refractivity contribution in [2.75, 3.05) is 12.3 Å². The molecule has 0 fully saturated rings. The second-order valence-corrected chi connectivity index (χ2v) is 4.82. The molecule has 0 aromatic carbocycles. The van der Waals surface area contributed by atoms with Crippen molar-refractivity contribution >= 4 is 10.0 Å². The van der Waals surface area contributed by atoms with Crippen LogP contribution in [-0.4, -0.2) is 20.7 Å². The van der Waals surface area contributed by atoms with E-state index in [0.29, 0.717) is 13.0 Å². The van der Waals surface area contributed by atoms with Gasteiger partial charge in [-0.25, -0.2) is 13.6 Å². The topological polar surface area (TPSA) is 109 Å². The highest BCUT2D eigenvalue weighted by molar-refractivity contribution is 7.89. The smallest absolute Gasteiger partial charge is 0.209 e. The zero-order valence-electron chi connectivity index (χ0n) is 8.09. The average Bonchev–Trinajstić information content (AvgIpc) is 2.08. The van der Waals surface area contributed by atoms with Gasteiger partial charge in [0.15, 0.2) is 0 Å². The van der Waals surface area contributed by atoms with E-state index >= 15 is 0 Å². The van der Waals surface area contributed by atoms with E-state index in [-0.39, 0.29) is 5.75 Å². The molecule has 0 aromatic heterocycles. The highest BCUT2D eigenvalue weighted by Crippen LogP contribution is 2.03. The van der Waals surface area contributed by atoms with Gasteiger partial charge in [0.25, 0.3) is 0 Å². The van der Waals surface area contributed by atoms with E-state index in [4.69, 9.17) is 10.7 Å². The lowest BCUT2D eigenvalue weighted by Crippen LogP contribution is -2.16. The second kappa shape index (κ2) is 7.61. The summed E-state index contributed by atoms with van der Waals surface area (Å²) in [5.74, 6) is 0.0589. The summed E-state index contributed by atoms with van der Waals surface area (Å²) in [6, 6.07) is 0. The molecule has 0 aliphatic carbocycles. The van der Waals surface area contributed by atoms with Gasteiger partial charge in [-0.05, 0) is 18.4 Å². The highest BCUT2D eigenvalue weighted by Gasteiger charge is 2.00. The van der Waals surface area contributed by atoms with Gasteiger partial charge in [0.1, 0.15) is 0 Å². The molecule has 0 aliphatic heterocycles. The summed E-state index contributed by atoms with van der Waals surface area (Å²) < 4.78 is 21.1. The molecule has 7 heteroatoms. The molecule has 0 atom stereocenters. The number of sulfonamides is 1. The summed E-state index contributed by atoms with van der Waals surface area (Å²) >= 11 is 0. The Kier molecular flexibility index (Phi) is 7.18. The molecule has 0 heterocycles. The van der Waals surface area contributed by atoms with Gasteiger partial charge < -0.3 is 0 Å². The molecule has 14 heavy (non-hydrogen) atoms. The van der Waals surface area contributed by atoms with E-state index in [0.717, 1.165) is 25.7 Å². The van der Waals surface area contributed by atoms with Crippen LogP contribution in [0.4, 0.5) is 0 Å². The molecule has 0 rings (SSSR count). The fourth-order valence-electron chi connectivity index (χ4n) is 1.06. The minimum absolute atomic E-state index is 0.0589. The van der Waals surface area contributed by atoms with Crippen molar-refractivity contribution in [2.24, 2.45) is 10.3 Å². The molecule has 0 amide bonds. The lowest BCUT2D eigenvalue weighted by Gasteiger charge is -1.98. The van der Waals surface area contributed by atoms with Crippen LogP contribution in [0.3, 0.4) is 0 Å². The van der Waals surface area contributed by atoms with Crippen LogP contribution < -0.4 is 5.14 Å². The fraction of sp³-hybridized carbons (Fsp3) is 1.00. The van der Waals surface area contributed by atoms with Crippen LogP contribution in [0.2, 0.25) is 0 Å². The minimum Gasteiger partial charge on any atom is -0.229 e. The van der Waals surface area contributed by atoms with Gasteiger partial charge in [0, 0.05) is 11.5 Å². The maximum atomic E-state index is 10.5. The Morgan fingerprint density at radius 3 is 2.29 bits per heavy atom. The molecule has 0 unspecified atom stereocenters. The largest absolute Gasteiger partial charge is 0.229 e. The third kappa shape index (κ3) is 11.2. The Bertz CT molecular complexity index is 282. The molecule has 6 nitrogen and oxygen atoms in total. The summed E-state index contributed by atoms with van der Waals surface area (Å²) in [4.78, 5) is 2.63. The highest BCUT2D eigenvalue weighted by atomic mass is 32.2. The summed E-state index contributed by atoms with van der Waals surface area (Å²) in [6.07, 6.45) is 4.24. The van der Waals surface area contributed by atoms with Crippen molar-refractivity contribution in [1.82, 2.24) is 0 Å². The molecular weight excluding hydrogens is 204 g/mol. The fourth-order valence-corrected chi connectivity index (χ4v) is 1.67. The van der Waals surface area contributed by atoms with Crippen molar-refractivity contribution in [1.29, 1.82) is 0 Å². The number of nitrogens with zero attached hydrogens (tertiary/aromatic N) is 3. The molecular formula is C7H16N4O2S. The van der Waals surface area contributed by atoms with Crippen LogP contribution >= 0.6 is 0 Å². The predicted molar refractivity (Wildman–Crippen MR) is 55.1 cm³/mol. The van der Waals surface area contributed by atoms with Gasteiger partial charge >= 0.3 is 0 Å². The predicted octanol–water partition coefficient (Wildman–Crippen LogP) is 1.54. The Morgan fingerprint density at radius 1 is 1.14 bits per heavy atom. The average molecular weight is 220 g/mol. The van der Waals surface area contributed by atoms with Gasteiger partial charge in [-0.1, -0.05) is 24.4 Å². The normalized spacial score (nSPS) is 10.9. The zero-order valence-corrected chi connectivity index (χ0v) is 8.91. The zero-order chi connectivity index (χ0) is 10.9. The summed E-state index contributed by atoms with van der Waals surface area (Å²) in [5, 5.41) is 8.23. The van der Waals surface area contributed by atoms with E-state index < -0.39 is 10.0 Å². The third-order valence-electron chi connectivity index (χ3n) is 1.75. The number of rotatable bonds is 8. The lowest BCUT2D eigenvalue weighted by atomic mass is 10.2. The Balaban J connectivity index is 3.18. The first-order valence-corrected chi connectivity index (χ1v) is 6.29. The number of hydrogen-bond donors (Lipinski definition) is 1. The third-order valence-corrected chi connectivity index (χ3v) is 2.61. The monoisotopic (exact) mass is 220 g/mol. The molecule has 0 aliphatic rings. The number of primary sulfonamides is 1. The Labute approximate surface area is 84.2 Å². The van der Waals surface area contributed by atoms with Gasteiger partial charge in [-0.3, -0.25) is 0 Å². The number of unbranched alkanes of at least 4 members (excludes halogenated alkanes) is 4. The van der Waals surface area contributed by atoms with Gasteiger partial charge in [0.05, 0.1) is 5.75 Å². The number of hydrogen-bond acceptors (Lipinski definition) is 3. The number of nitrogens with two attached hydrogens (primary N) is 1. The van der Waals surface area contributed by atoms with E-state index in [1.807, 2.05) is 0 Å². The maximum absolute atomic E-state index is 10.5. The Hall–Kier alpha value is -0.780. The van der Waals surface area contributed by atoms with Crippen LogP contribution in [0.1, 0.15) is 32.1 Å². The van der Waals surface area contributed by atoms with Crippen LogP contribution in [0, 0.1) is 0 Å².